The first-order valence-corrected chi connectivity index (χ1v) is 5.63. The number of aliphatic carboxylic acids is 1. The van der Waals surface area contributed by atoms with Crippen LogP contribution in [-0.2, 0) is 22.6 Å². The van der Waals surface area contributed by atoms with E-state index in [2.05, 4.69) is 0 Å². The van der Waals surface area contributed by atoms with Crippen molar-refractivity contribution in [3.63, 3.8) is 0 Å². The summed E-state index contributed by atoms with van der Waals surface area (Å²) in [5.74, 6) is -1.56. The highest BCUT2D eigenvalue weighted by Crippen LogP contribution is 2.20. The van der Waals surface area contributed by atoms with Crippen molar-refractivity contribution in [2.75, 3.05) is 14.2 Å². The summed E-state index contributed by atoms with van der Waals surface area (Å²) >= 11 is 0. The molecule has 1 N–H and O–H groups in total. The molecule has 18 heavy (non-hydrogen) atoms. The molecular weight excluding hydrogens is 234 g/mol. The van der Waals surface area contributed by atoms with E-state index in [0.29, 0.717) is 0 Å². The van der Waals surface area contributed by atoms with Gasteiger partial charge in [-0.15, -0.1) is 0 Å². The highest BCUT2D eigenvalue weighted by atomic mass is 16.5. The first-order chi connectivity index (χ1) is 8.49. The SMILES string of the molecule is CCc1cc(CN(C)C(=O)C(=O)O)ccc1OC. The second-order valence-electron chi connectivity index (χ2n) is 3.97. The summed E-state index contributed by atoms with van der Waals surface area (Å²) in [5, 5.41) is 8.60. The minimum Gasteiger partial charge on any atom is -0.496 e. The van der Waals surface area contributed by atoms with Gasteiger partial charge in [0.1, 0.15) is 5.75 Å². The number of hydrogen-bond donors (Lipinski definition) is 1. The van der Waals surface area contributed by atoms with Gasteiger partial charge < -0.3 is 14.7 Å². The van der Waals surface area contributed by atoms with Gasteiger partial charge in [-0.1, -0.05) is 19.1 Å². The normalized spacial score (nSPS) is 9.94. The average molecular weight is 251 g/mol. The maximum atomic E-state index is 11.2. The molecule has 0 radical (unpaired) electrons. The standard InChI is InChI=1S/C13H17NO4/c1-4-10-7-9(5-6-11(10)18-3)8-14(2)12(15)13(16)17/h5-7H,4,8H2,1-3H3,(H,16,17). The molecule has 0 atom stereocenters. The van der Waals surface area contributed by atoms with Gasteiger partial charge in [0.2, 0.25) is 0 Å². The molecule has 1 aromatic carbocycles. The fraction of sp³-hybridized carbons (Fsp3) is 0.385. The number of carboxylic acid groups (broad SMARTS) is 1. The molecule has 1 amide bonds. The molecule has 0 aromatic heterocycles. The number of amides is 1. The molecule has 1 rings (SSSR count). The van der Waals surface area contributed by atoms with E-state index in [0.717, 1.165) is 23.3 Å². The van der Waals surface area contributed by atoms with E-state index in [1.807, 2.05) is 25.1 Å². The molecule has 0 aliphatic rings. The Balaban J connectivity index is 2.85. The van der Waals surface area contributed by atoms with Crippen LogP contribution in [-0.4, -0.2) is 36.0 Å². The Morgan fingerprint density at radius 3 is 2.56 bits per heavy atom. The average Bonchev–Trinajstić information content (AvgIpc) is 2.37. The maximum Gasteiger partial charge on any atom is 0.394 e. The highest BCUT2D eigenvalue weighted by Gasteiger charge is 2.17. The van der Waals surface area contributed by atoms with Crippen LogP contribution in [0.3, 0.4) is 0 Å². The molecule has 98 valence electrons. The summed E-state index contributed by atoms with van der Waals surface area (Å²) in [6.07, 6.45) is 0.813. The van der Waals surface area contributed by atoms with Crippen LogP contribution in [0.15, 0.2) is 18.2 Å². The molecule has 5 heteroatoms. The minimum absolute atomic E-state index is 0.266. The van der Waals surface area contributed by atoms with Crippen molar-refractivity contribution in [3.05, 3.63) is 29.3 Å². The van der Waals surface area contributed by atoms with Gasteiger partial charge in [-0.3, -0.25) is 4.79 Å². The van der Waals surface area contributed by atoms with Crippen molar-refractivity contribution >= 4 is 11.9 Å². The van der Waals surface area contributed by atoms with E-state index in [1.54, 1.807) is 7.11 Å². The number of benzene rings is 1. The fourth-order valence-electron chi connectivity index (χ4n) is 1.72. The summed E-state index contributed by atoms with van der Waals surface area (Å²) < 4.78 is 5.21. The third-order valence-electron chi connectivity index (χ3n) is 2.68. The van der Waals surface area contributed by atoms with Gasteiger partial charge in [0.05, 0.1) is 7.11 Å². The number of methoxy groups -OCH3 is 1. The molecule has 0 saturated heterocycles. The van der Waals surface area contributed by atoms with E-state index in [1.165, 1.54) is 11.9 Å². The van der Waals surface area contributed by atoms with E-state index in [9.17, 15) is 9.59 Å². The number of carbonyl (C=O) groups is 2. The number of likely N-dealkylation sites (N-methyl/N-ethyl adjacent to an activating group) is 1. The summed E-state index contributed by atoms with van der Waals surface area (Å²) in [5.41, 5.74) is 1.91. The summed E-state index contributed by atoms with van der Waals surface area (Å²) in [6.45, 7) is 2.27. The third-order valence-corrected chi connectivity index (χ3v) is 2.68. The predicted molar refractivity (Wildman–Crippen MR) is 66.5 cm³/mol. The lowest BCUT2D eigenvalue weighted by molar-refractivity contribution is -0.155. The van der Waals surface area contributed by atoms with Gasteiger partial charge in [-0.25, -0.2) is 4.79 Å². The lowest BCUT2D eigenvalue weighted by Crippen LogP contribution is -2.32. The molecule has 0 fully saturated rings. The number of rotatable bonds is 4. The van der Waals surface area contributed by atoms with Crippen LogP contribution in [0.2, 0.25) is 0 Å². The zero-order valence-electron chi connectivity index (χ0n) is 10.8. The van der Waals surface area contributed by atoms with Gasteiger partial charge >= 0.3 is 11.9 Å². The van der Waals surface area contributed by atoms with Gasteiger partial charge in [-0.2, -0.15) is 0 Å². The third kappa shape index (κ3) is 3.23. The van der Waals surface area contributed by atoms with Crippen LogP contribution in [0.25, 0.3) is 0 Å². The molecule has 0 aliphatic carbocycles. The second-order valence-corrected chi connectivity index (χ2v) is 3.97. The zero-order chi connectivity index (χ0) is 13.7. The first kappa shape index (κ1) is 14.0. The molecule has 0 bridgehead atoms. The lowest BCUT2D eigenvalue weighted by atomic mass is 10.1. The van der Waals surface area contributed by atoms with Crippen molar-refractivity contribution in [1.82, 2.24) is 4.90 Å². The summed E-state index contributed by atoms with van der Waals surface area (Å²) in [7, 11) is 3.07. The number of nitrogens with zero attached hydrogens (tertiary/aromatic N) is 1. The van der Waals surface area contributed by atoms with Crippen LogP contribution in [0.4, 0.5) is 0 Å². The van der Waals surface area contributed by atoms with Gasteiger partial charge in [-0.05, 0) is 23.6 Å². The number of carboxylic acids is 1. The van der Waals surface area contributed by atoms with E-state index in [4.69, 9.17) is 9.84 Å². The molecule has 0 spiro atoms. The Morgan fingerprint density at radius 2 is 2.06 bits per heavy atom. The maximum absolute atomic E-state index is 11.2. The van der Waals surface area contributed by atoms with Gasteiger partial charge in [0, 0.05) is 13.6 Å². The van der Waals surface area contributed by atoms with E-state index in [-0.39, 0.29) is 6.54 Å². The Labute approximate surface area is 106 Å². The highest BCUT2D eigenvalue weighted by molar-refractivity contribution is 6.31. The Hall–Kier alpha value is -2.04. The van der Waals surface area contributed by atoms with Crippen LogP contribution in [0.1, 0.15) is 18.1 Å². The van der Waals surface area contributed by atoms with E-state index >= 15 is 0 Å². The largest absolute Gasteiger partial charge is 0.496 e. The van der Waals surface area contributed by atoms with Crippen molar-refractivity contribution in [1.29, 1.82) is 0 Å². The quantitative estimate of drug-likeness (QED) is 0.819. The molecule has 5 nitrogen and oxygen atoms in total. The Morgan fingerprint density at radius 1 is 1.39 bits per heavy atom. The molecular formula is C13H17NO4. The molecule has 0 aliphatic heterocycles. The Kier molecular flexibility index (Phi) is 4.71. The predicted octanol–water partition coefficient (Wildman–Crippen LogP) is 1.30. The Bertz CT molecular complexity index is 456. The van der Waals surface area contributed by atoms with E-state index < -0.39 is 11.9 Å². The molecule has 1 aromatic rings. The van der Waals surface area contributed by atoms with Gasteiger partial charge in [0.15, 0.2) is 0 Å². The lowest BCUT2D eigenvalue weighted by Gasteiger charge is -2.16. The van der Waals surface area contributed by atoms with Crippen molar-refractivity contribution in [3.8, 4) is 5.75 Å². The monoisotopic (exact) mass is 251 g/mol. The molecule has 0 heterocycles. The first-order valence-electron chi connectivity index (χ1n) is 5.63. The second kappa shape index (κ2) is 6.05. The smallest absolute Gasteiger partial charge is 0.394 e. The molecule has 0 saturated carbocycles. The zero-order valence-corrected chi connectivity index (χ0v) is 10.8. The fourth-order valence-corrected chi connectivity index (χ4v) is 1.72. The number of aryl methyl sites for hydroxylation is 1. The van der Waals surface area contributed by atoms with Crippen molar-refractivity contribution < 1.29 is 19.4 Å². The number of carbonyl (C=O) groups excluding carboxylic acids is 1. The summed E-state index contributed by atoms with van der Waals surface area (Å²) in [6, 6.07) is 5.57. The van der Waals surface area contributed by atoms with Crippen LogP contribution in [0.5, 0.6) is 5.75 Å². The number of hydrogen-bond acceptors (Lipinski definition) is 3. The topological polar surface area (TPSA) is 66.8 Å². The minimum atomic E-state index is -1.44. The van der Waals surface area contributed by atoms with Crippen molar-refractivity contribution in [2.24, 2.45) is 0 Å². The summed E-state index contributed by atoms with van der Waals surface area (Å²) in [4.78, 5) is 22.9. The van der Waals surface area contributed by atoms with Crippen molar-refractivity contribution in [2.45, 2.75) is 19.9 Å². The van der Waals surface area contributed by atoms with Crippen LogP contribution < -0.4 is 4.74 Å². The molecule has 0 unspecified atom stereocenters. The van der Waals surface area contributed by atoms with Gasteiger partial charge in [0.25, 0.3) is 0 Å². The van der Waals surface area contributed by atoms with Crippen LogP contribution >= 0.6 is 0 Å². The number of ether oxygens (including phenoxy) is 1. The van der Waals surface area contributed by atoms with Crippen LogP contribution in [0, 0.1) is 0 Å².